The number of rotatable bonds is 6. The number of benzene rings is 1. The van der Waals surface area contributed by atoms with Gasteiger partial charge < -0.3 is 4.52 Å². The van der Waals surface area contributed by atoms with Gasteiger partial charge in [0, 0.05) is 49.2 Å². The van der Waals surface area contributed by atoms with Gasteiger partial charge in [0.15, 0.2) is 11.6 Å². The number of sulfonamides is 1. The highest BCUT2D eigenvalue weighted by molar-refractivity contribution is 7.89. The quantitative estimate of drug-likeness (QED) is 0.514. The lowest BCUT2D eigenvalue weighted by Crippen LogP contribution is -2.49. The Balaban J connectivity index is 1.43. The fourth-order valence-corrected chi connectivity index (χ4v) is 6.13. The molecule has 1 aromatic carbocycles. The highest BCUT2D eigenvalue weighted by Crippen LogP contribution is 2.24. The van der Waals surface area contributed by atoms with Crippen LogP contribution in [0.15, 0.2) is 39.8 Å². The van der Waals surface area contributed by atoms with E-state index in [9.17, 15) is 13.2 Å². The number of nitrogens with zero attached hydrogens (tertiary/aromatic N) is 4. The number of hydrogen-bond donors (Lipinski definition) is 0. The zero-order valence-corrected chi connectivity index (χ0v) is 20.6. The number of hydrogen-bond acceptors (Lipinski definition) is 6. The highest BCUT2D eigenvalue weighted by Gasteiger charge is 2.30. The largest absolute Gasteiger partial charge is 0.360 e. The molecule has 0 N–H and O–H groups in total. The van der Waals surface area contributed by atoms with Crippen LogP contribution in [-0.4, -0.2) is 65.9 Å². The van der Waals surface area contributed by atoms with Gasteiger partial charge in [0.1, 0.15) is 5.76 Å². The first-order valence-electron chi connectivity index (χ1n) is 11.0. The van der Waals surface area contributed by atoms with E-state index in [1.54, 1.807) is 6.07 Å². The fourth-order valence-electron chi connectivity index (χ4n) is 4.50. The van der Waals surface area contributed by atoms with E-state index in [4.69, 9.17) is 4.52 Å². The van der Waals surface area contributed by atoms with Crippen molar-refractivity contribution >= 4 is 15.8 Å². The van der Waals surface area contributed by atoms with Crippen molar-refractivity contribution in [2.45, 2.75) is 39.5 Å². The van der Waals surface area contributed by atoms with Crippen molar-refractivity contribution in [1.82, 2.24) is 18.9 Å². The summed E-state index contributed by atoms with van der Waals surface area (Å²) in [6.07, 6.45) is 0. The third-order valence-electron chi connectivity index (χ3n) is 6.22. The lowest BCUT2D eigenvalue weighted by molar-refractivity contribution is 0.0901. The zero-order chi connectivity index (χ0) is 23.9. The predicted molar refractivity (Wildman–Crippen MR) is 125 cm³/mol. The van der Waals surface area contributed by atoms with Crippen LogP contribution in [0.2, 0.25) is 0 Å². The van der Waals surface area contributed by atoms with Gasteiger partial charge >= 0.3 is 0 Å². The summed E-state index contributed by atoms with van der Waals surface area (Å²) in [6, 6.07) is 9.11. The molecule has 1 fully saturated rings. The molecule has 2 aromatic heterocycles. The van der Waals surface area contributed by atoms with Crippen LogP contribution in [0.25, 0.3) is 5.82 Å². The van der Waals surface area contributed by atoms with Gasteiger partial charge in [-0.15, -0.1) is 0 Å². The molecule has 8 nitrogen and oxygen atoms in total. The van der Waals surface area contributed by atoms with Crippen LogP contribution in [0.4, 0.5) is 0 Å². The van der Waals surface area contributed by atoms with E-state index in [2.05, 4.69) is 5.16 Å². The predicted octanol–water partition coefficient (Wildman–Crippen LogP) is 3.20. The molecule has 0 aliphatic carbocycles. The van der Waals surface area contributed by atoms with E-state index < -0.39 is 10.0 Å². The number of aryl methyl sites for hydroxylation is 4. The molecule has 3 aromatic rings. The number of aromatic nitrogens is 2. The summed E-state index contributed by atoms with van der Waals surface area (Å²) in [4.78, 5) is 15.5. The summed E-state index contributed by atoms with van der Waals surface area (Å²) in [5, 5.41) is 4.07. The molecular formula is C24H30N4O4S. The molecule has 33 heavy (non-hydrogen) atoms. The number of piperazine rings is 1. The van der Waals surface area contributed by atoms with E-state index in [0.717, 1.165) is 22.5 Å². The molecule has 0 atom stereocenters. The first-order valence-corrected chi connectivity index (χ1v) is 12.5. The van der Waals surface area contributed by atoms with Crippen LogP contribution >= 0.6 is 0 Å². The summed E-state index contributed by atoms with van der Waals surface area (Å²) in [7, 11) is -3.55. The molecule has 0 unspecified atom stereocenters. The Bertz CT molecular complexity index is 1300. The van der Waals surface area contributed by atoms with Gasteiger partial charge in [-0.05, 0) is 52.3 Å². The van der Waals surface area contributed by atoms with E-state index in [1.807, 2.05) is 68.4 Å². The minimum absolute atomic E-state index is 0.0141. The molecule has 0 amide bonds. The van der Waals surface area contributed by atoms with Gasteiger partial charge in [-0.2, -0.15) is 4.31 Å². The van der Waals surface area contributed by atoms with Crippen LogP contribution in [0, 0.1) is 34.6 Å². The third kappa shape index (κ3) is 4.53. The molecule has 3 heterocycles. The Labute approximate surface area is 194 Å². The average Bonchev–Trinajstić information content (AvgIpc) is 3.30. The average molecular weight is 471 g/mol. The number of carbonyl (C=O) groups excluding carboxylic acids is 1. The second-order valence-corrected chi connectivity index (χ2v) is 10.7. The first-order chi connectivity index (χ1) is 15.6. The maximum Gasteiger partial charge on any atom is 0.243 e. The van der Waals surface area contributed by atoms with Gasteiger partial charge in [0.05, 0.1) is 11.4 Å². The second-order valence-electron chi connectivity index (χ2n) is 8.79. The van der Waals surface area contributed by atoms with Gasteiger partial charge in [-0.3, -0.25) is 14.3 Å². The maximum atomic E-state index is 13.1. The second kappa shape index (κ2) is 8.89. The Hall–Kier alpha value is -2.75. The van der Waals surface area contributed by atoms with Crippen LogP contribution in [0.1, 0.15) is 38.6 Å². The van der Waals surface area contributed by atoms with Gasteiger partial charge in [-0.25, -0.2) is 8.42 Å². The standard InChI is InChI=1S/C24H30N4O4S/c1-16-6-7-23(17(2)12-16)33(30,31)27-10-8-26(9-11-27)15-22(29)21-13-18(3)28(20(21)5)24-14-19(4)32-25-24/h6-7,12-14H,8-11,15H2,1-5H3. The van der Waals surface area contributed by atoms with Crippen molar-refractivity contribution in [2.75, 3.05) is 32.7 Å². The third-order valence-corrected chi connectivity index (χ3v) is 8.28. The van der Waals surface area contributed by atoms with Crippen molar-refractivity contribution in [2.24, 2.45) is 0 Å². The molecule has 1 aliphatic rings. The normalized spacial score (nSPS) is 15.8. The molecule has 9 heteroatoms. The zero-order valence-electron chi connectivity index (χ0n) is 19.8. The first kappa shape index (κ1) is 23.4. The van der Waals surface area contributed by atoms with Crippen molar-refractivity contribution in [3.63, 3.8) is 0 Å². The van der Waals surface area contributed by atoms with Crippen LogP contribution < -0.4 is 0 Å². The Kier molecular flexibility index (Phi) is 6.30. The lowest BCUT2D eigenvalue weighted by Gasteiger charge is -2.33. The van der Waals surface area contributed by atoms with Crippen LogP contribution in [0.3, 0.4) is 0 Å². The topological polar surface area (TPSA) is 88.7 Å². The lowest BCUT2D eigenvalue weighted by atomic mass is 10.1. The van der Waals surface area contributed by atoms with Crippen molar-refractivity contribution in [1.29, 1.82) is 0 Å². The Morgan fingerprint density at radius 2 is 1.70 bits per heavy atom. The van der Waals surface area contributed by atoms with E-state index >= 15 is 0 Å². The van der Waals surface area contributed by atoms with Crippen molar-refractivity contribution in [3.8, 4) is 5.82 Å². The summed E-state index contributed by atoms with van der Waals surface area (Å²) < 4.78 is 34.8. The Morgan fingerprint density at radius 1 is 1.00 bits per heavy atom. The van der Waals surface area contributed by atoms with Crippen LogP contribution in [0.5, 0.6) is 0 Å². The molecule has 0 radical (unpaired) electrons. The number of Topliss-reactive ketones (excluding diaryl/α,β-unsaturated/α-hetero) is 1. The molecule has 176 valence electrons. The fraction of sp³-hybridized carbons (Fsp3) is 0.417. The summed E-state index contributed by atoms with van der Waals surface area (Å²) >= 11 is 0. The minimum atomic E-state index is -3.55. The monoisotopic (exact) mass is 470 g/mol. The van der Waals surface area contributed by atoms with Gasteiger partial charge in [0.2, 0.25) is 10.0 Å². The summed E-state index contributed by atoms with van der Waals surface area (Å²) in [5.74, 6) is 1.38. The molecule has 0 bridgehead atoms. The summed E-state index contributed by atoms with van der Waals surface area (Å²) in [6.45, 7) is 11.4. The molecular weight excluding hydrogens is 440 g/mol. The Morgan fingerprint density at radius 3 is 2.30 bits per heavy atom. The van der Waals surface area contributed by atoms with Gasteiger partial charge in [-0.1, -0.05) is 22.9 Å². The van der Waals surface area contributed by atoms with Crippen LogP contribution in [-0.2, 0) is 10.0 Å². The number of carbonyl (C=O) groups is 1. The van der Waals surface area contributed by atoms with E-state index in [-0.39, 0.29) is 12.3 Å². The molecule has 0 spiro atoms. The molecule has 1 aliphatic heterocycles. The molecule has 0 saturated carbocycles. The SMILES string of the molecule is Cc1ccc(S(=O)(=O)N2CCN(CC(=O)c3cc(C)n(-c4cc(C)on4)c3C)CC2)c(C)c1. The van der Waals surface area contributed by atoms with Crippen molar-refractivity contribution in [3.05, 3.63) is 64.2 Å². The van der Waals surface area contributed by atoms with E-state index in [0.29, 0.717) is 48.2 Å². The maximum absolute atomic E-state index is 13.1. The van der Waals surface area contributed by atoms with E-state index in [1.165, 1.54) is 4.31 Å². The highest BCUT2D eigenvalue weighted by atomic mass is 32.2. The molecule has 4 rings (SSSR count). The summed E-state index contributed by atoms with van der Waals surface area (Å²) in [5.41, 5.74) is 4.17. The smallest absolute Gasteiger partial charge is 0.243 e. The minimum Gasteiger partial charge on any atom is -0.360 e. The molecule has 1 saturated heterocycles. The number of ketones is 1. The van der Waals surface area contributed by atoms with Gasteiger partial charge in [0.25, 0.3) is 0 Å². The van der Waals surface area contributed by atoms with Crippen molar-refractivity contribution < 1.29 is 17.7 Å².